The van der Waals surface area contributed by atoms with E-state index >= 15 is 0 Å². The largest absolute Gasteiger partial charge is 0.481 e. The lowest BCUT2D eigenvalue weighted by atomic mass is 9.92. The second kappa shape index (κ2) is 5.01. The normalized spacial score (nSPS) is 25.0. The van der Waals surface area contributed by atoms with Crippen LogP contribution in [-0.2, 0) is 4.79 Å². The number of nitrogens with zero attached hydrogens (tertiary/aromatic N) is 2. The first kappa shape index (κ1) is 13.5. The first-order valence-electron chi connectivity index (χ1n) is 6.41. The average molecular weight is 271 g/mol. The van der Waals surface area contributed by atoms with Crippen LogP contribution in [0.5, 0.6) is 0 Å². The zero-order valence-corrected chi connectivity index (χ0v) is 11.8. The minimum absolute atomic E-state index is 0.482. The van der Waals surface area contributed by atoms with Crippen LogP contribution in [0.15, 0.2) is 0 Å². The van der Waals surface area contributed by atoms with Gasteiger partial charge >= 0.3 is 5.97 Å². The molecule has 2 rings (SSSR count). The molecule has 0 aromatic carbocycles. The third-order valence-corrected chi connectivity index (χ3v) is 4.26. The summed E-state index contributed by atoms with van der Waals surface area (Å²) in [5, 5.41) is 13.4. The predicted octanol–water partition coefficient (Wildman–Crippen LogP) is 0.362. The molecule has 0 aliphatic carbocycles. The van der Waals surface area contributed by atoms with Gasteiger partial charge in [-0.15, -0.1) is 0 Å². The standard InChI is InChI=1S/C12H21N3O2S/c1-12(2,10(16)17)8-14-5-3-9-7-13-4-6-15(9)11(14)18/h9,13H,3-8H2,1-2H3,(H,16,17)/t9-/m1/s1. The summed E-state index contributed by atoms with van der Waals surface area (Å²) in [4.78, 5) is 15.5. The minimum Gasteiger partial charge on any atom is -0.481 e. The van der Waals surface area contributed by atoms with Crippen molar-refractivity contribution in [2.24, 2.45) is 5.41 Å². The molecule has 102 valence electrons. The Labute approximate surface area is 113 Å². The van der Waals surface area contributed by atoms with Gasteiger partial charge in [-0.2, -0.15) is 0 Å². The maximum Gasteiger partial charge on any atom is 0.310 e. The molecule has 0 aromatic rings. The Bertz CT molecular complexity index is 359. The smallest absolute Gasteiger partial charge is 0.310 e. The Morgan fingerprint density at radius 1 is 1.56 bits per heavy atom. The molecule has 0 amide bonds. The van der Waals surface area contributed by atoms with E-state index in [9.17, 15) is 9.90 Å². The Hall–Kier alpha value is -0.880. The van der Waals surface area contributed by atoms with E-state index in [2.05, 4.69) is 10.2 Å². The number of carboxylic acid groups (broad SMARTS) is 1. The Kier molecular flexibility index (Phi) is 3.77. The van der Waals surface area contributed by atoms with Crippen molar-refractivity contribution in [1.82, 2.24) is 15.1 Å². The molecule has 0 aromatic heterocycles. The molecular formula is C12H21N3O2S. The molecule has 2 aliphatic rings. The molecule has 18 heavy (non-hydrogen) atoms. The van der Waals surface area contributed by atoms with Crippen molar-refractivity contribution in [2.75, 3.05) is 32.7 Å². The highest BCUT2D eigenvalue weighted by Crippen LogP contribution is 2.23. The molecule has 2 saturated heterocycles. The van der Waals surface area contributed by atoms with E-state index < -0.39 is 11.4 Å². The molecule has 2 heterocycles. The van der Waals surface area contributed by atoms with Gasteiger partial charge < -0.3 is 20.2 Å². The molecule has 6 heteroatoms. The van der Waals surface area contributed by atoms with Gasteiger partial charge in [0.05, 0.1) is 5.41 Å². The molecule has 2 aliphatic heterocycles. The van der Waals surface area contributed by atoms with Crippen LogP contribution in [0.2, 0.25) is 0 Å². The average Bonchev–Trinajstić information content (AvgIpc) is 2.33. The summed E-state index contributed by atoms with van der Waals surface area (Å²) in [6.45, 7) is 7.70. The van der Waals surface area contributed by atoms with Crippen LogP contribution in [-0.4, -0.2) is 64.8 Å². The van der Waals surface area contributed by atoms with E-state index in [-0.39, 0.29) is 0 Å². The van der Waals surface area contributed by atoms with Crippen LogP contribution in [0.25, 0.3) is 0 Å². The number of thiocarbonyl (C=S) groups is 1. The van der Waals surface area contributed by atoms with Crippen molar-refractivity contribution in [2.45, 2.75) is 26.3 Å². The first-order chi connectivity index (χ1) is 8.42. The number of rotatable bonds is 3. The molecule has 1 atom stereocenters. The maximum absolute atomic E-state index is 11.2. The number of carboxylic acids is 1. The van der Waals surface area contributed by atoms with Crippen LogP contribution < -0.4 is 5.32 Å². The van der Waals surface area contributed by atoms with Gasteiger partial charge in [0.1, 0.15) is 0 Å². The van der Waals surface area contributed by atoms with Gasteiger partial charge in [-0.05, 0) is 32.5 Å². The van der Waals surface area contributed by atoms with Gasteiger partial charge in [-0.25, -0.2) is 0 Å². The number of hydrogen-bond acceptors (Lipinski definition) is 3. The third kappa shape index (κ3) is 2.59. The van der Waals surface area contributed by atoms with Crippen LogP contribution in [0.4, 0.5) is 0 Å². The number of carbonyl (C=O) groups is 1. The summed E-state index contributed by atoms with van der Waals surface area (Å²) in [5.74, 6) is -0.771. The van der Waals surface area contributed by atoms with E-state index in [0.29, 0.717) is 12.6 Å². The Balaban J connectivity index is 2.03. The van der Waals surface area contributed by atoms with Crippen LogP contribution in [0.3, 0.4) is 0 Å². The van der Waals surface area contributed by atoms with Crippen LogP contribution in [0, 0.1) is 5.41 Å². The number of hydrogen-bond donors (Lipinski definition) is 2. The van der Waals surface area contributed by atoms with Crippen molar-refractivity contribution in [1.29, 1.82) is 0 Å². The lowest BCUT2D eigenvalue weighted by molar-refractivity contribution is -0.147. The SMILES string of the molecule is CC(C)(CN1CC[C@@H]2CNCCN2C1=S)C(=O)O. The Morgan fingerprint density at radius 3 is 2.94 bits per heavy atom. The molecule has 0 radical (unpaired) electrons. The van der Waals surface area contributed by atoms with Gasteiger partial charge in [-0.1, -0.05) is 0 Å². The molecular weight excluding hydrogens is 250 g/mol. The monoisotopic (exact) mass is 271 g/mol. The molecule has 5 nitrogen and oxygen atoms in total. The van der Waals surface area contributed by atoms with E-state index in [1.165, 1.54) is 0 Å². The molecule has 0 spiro atoms. The molecule has 2 N–H and O–H groups in total. The van der Waals surface area contributed by atoms with Crippen molar-refractivity contribution in [3.8, 4) is 0 Å². The van der Waals surface area contributed by atoms with E-state index in [0.717, 1.165) is 37.7 Å². The number of aliphatic carboxylic acids is 1. The quantitative estimate of drug-likeness (QED) is 0.723. The molecule has 0 bridgehead atoms. The highest BCUT2D eigenvalue weighted by molar-refractivity contribution is 7.80. The highest BCUT2D eigenvalue weighted by atomic mass is 32.1. The summed E-state index contributed by atoms with van der Waals surface area (Å²) < 4.78 is 0. The molecule has 2 fully saturated rings. The fourth-order valence-electron chi connectivity index (χ4n) is 2.54. The lowest BCUT2D eigenvalue weighted by Crippen LogP contribution is -2.62. The summed E-state index contributed by atoms with van der Waals surface area (Å²) in [5.41, 5.74) is -0.759. The third-order valence-electron chi connectivity index (χ3n) is 3.76. The number of nitrogens with one attached hydrogen (secondary N) is 1. The zero-order valence-electron chi connectivity index (χ0n) is 11.0. The van der Waals surface area contributed by atoms with Crippen molar-refractivity contribution in [3.05, 3.63) is 0 Å². The fourth-order valence-corrected chi connectivity index (χ4v) is 2.94. The van der Waals surface area contributed by atoms with Crippen molar-refractivity contribution < 1.29 is 9.90 Å². The van der Waals surface area contributed by atoms with Crippen LogP contribution in [0.1, 0.15) is 20.3 Å². The van der Waals surface area contributed by atoms with Gasteiger partial charge in [0, 0.05) is 38.8 Å². The second-order valence-corrected chi connectivity index (χ2v) is 6.10. The molecule has 0 saturated carbocycles. The summed E-state index contributed by atoms with van der Waals surface area (Å²) >= 11 is 5.51. The molecule has 0 unspecified atom stereocenters. The topological polar surface area (TPSA) is 55.8 Å². The van der Waals surface area contributed by atoms with E-state index in [4.69, 9.17) is 12.2 Å². The van der Waals surface area contributed by atoms with Crippen molar-refractivity contribution >= 4 is 23.3 Å². The van der Waals surface area contributed by atoms with Gasteiger partial charge in [0.15, 0.2) is 5.11 Å². The van der Waals surface area contributed by atoms with Crippen LogP contribution >= 0.6 is 12.2 Å². The first-order valence-corrected chi connectivity index (χ1v) is 6.82. The Morgan fingerprint density at radius 2 is 2.28 bits per heavy atom. The van der Waals surface area contributed by atoms with E-state index in [1.807, 2.05) is 4.90 Å². The second-order valence-electron chi connectivity index (χ2n) is 5.73. The maximum atomic E-state index is 11.2. The summed E-state index contributed by atoms with van der Waals surface area (Å²) in [7, 11) is 0. The van der Waals surface area contributed by atoms with E-state index in [1.54, 1.807) is 13.8 Å². The van der Waals surface area contributed by atoms with Gasteiger partial charge in [-0.3, -0.25) is 4.79 Å². The summed E-state index contributed by atoms with van der Waals surface area (Å²) in [6, 6.07) is 0.482. The lowest BCUT2D eigenvalue weighted by Gasteiger charge is -2.47. The number of fused-ring (bicyclic) bond motifs is 1. The summed E-state index contributed by atoms with van der Waals surface area (Å²) in [6.07, 6.45) is 1.04. The van der Waals surface area contributed by atoms with Crippen molar-refractivity contribution in [3.63, 3.8) is 0 Å². The predicted molar refractivity (Wildman–Crippen MR) is 73.6 cm³/mol. The minimum atomic E-state index is -0.771. The van der Waals surface area contributed by atoms with Gasteiger partial charge in [0.25, 0.3) is 0 Å². The highest BCUT2D eigenvalue weighted by Gasteiger charge is 2.36. The fraction of sp³-hybridized carbons (Fsp3) is 0.833. The zero-order chi connectivity index (χ0) is 13.3. The number of piperazine rings is 1. The van der Waals surface area contributed by atoms with Gasteiger partial charge in [0.2, 0.25) is 0 Å².